The highest BCUT2D eigenvalue weighted by atomic mass is 35.5. The van der Waals surface area contributed by atoms with Gasteiger partial charge in [0.15, 0.2) is 0 Å². The molecule has 3 amide bonds. The average molecular weight is 712 g/mol. The molecule has 10 heteroatoms. The molecule has 278 valence electrons. The summed E-state index contributed by atoms with van der Waals surface area (Å²) in [5.41, 5.74) is 1.24. The summed E-state index contributed by atoms with van der Waals surface area (Å²) in [7, 11) is 0. The summed E-state index contributed by atoms with van der Waals surface area (Å²) >= 11 is 6.30. The second-order valence-corrected chi connectivity index (χ2v) is 18.3. The van der Waals surface area contributed by atoms with Crippen LogP contribution >= 0.6 is 11.6 Å². The summed E-state index contributed by atoms with van der Waals surface area (Å²) in [5, 5.41) is 0.676. The molecule has 6 rings (SSSR count). The molecule has 4 aliphatic heterocycles. The molecule has 5 atom stereocenters. The highest BCUT2D eigenvalue weighted by molar-refractivity contribution is 6.30. The molecule has 0 N–H and O–H groups in total. The number of halogens is 1. The molecule has 9 nitrogen and oxygen atoms in total. The Bertz CT molecular complexity index is 1350. The van der Waals surface area contributed by atoms with Crippen molar-refractivity contribution >= 4 is 29.3 Å². The number of rotatable bonds is 7. The molecule has 4 saturated heterocycles. The Morgan fingerprint density at radius 2 is 1.56 bits per heavy atom. The second kappa shape index (κ2) is 15.0. The molecule has 4 heterocycles. The molecular formula is C40H62ClN5O4. The SMILES string of the molecule is CC(C)N1CCN(C(=O)[C@@H]2CC(N(C(=O)[C@@H]3CCCO3)C3CCC(C)(C)CC3)CN2C(=O)[C@@H]2CN(C(C)(C)C)C[C@H]2c2ccc(Cl)cc2)CC1. The minimum absolute atomic E-state index is 0.0198. The number of likely N-dealkylation sites (tertiary alicyclic amines) is 2. The van der Waals surface area contributed by atoms with Gasteiger partial charge in [0.05, 0.1) is 12.0 Å². The Kier molecular flexibility index (Phi) is 11.3. The van der Waals surface area contributed by atoms with Crippen molar-refractivity contribution < 1.29 is 19.1 Å². The number of hydrogen-bond donors (Lipinski definition) is 0. The Morgan fingerprint density at radius 3 is 2.14 bits per heavy atom. The molecule has 0 bridgehead atoms. The molecule has 0 spiro atoms. The number of nitrogens with zero attached hydrogens (tertiary/aromatic N) is 5. The van der Waals surface area contributed by atoms with Crippen molar-refractivity contribution in [3.63, 3.8) is 0 Å². The van der Waals surface area contributed by atoms with E-state index in [0.717, 1.165) is 63.7 Å². The first kappa shape index (κ1) is 37.6. The maximum absolute atomic E-state index is 15.1. The van der Waals surface area contributed by atoms with Gasteiger partial charge in [-0.05, 0) is 103 Å². The van der Waals surface area contributed by atoms with Gasteiger partial charge in [0.1, 0.15) is 12.1 Å². The predicted molar refractivity (Wildman–Crippen MR) is 198 cm³/mol. The van der Waals surface area contributed by atoms with E-state index >= 15 is 4.79 Å². The molecule has 0 aromatic heterocycles. The Labute approximate surface area is 306 Å². The first-order chi connectivity index (χ1) is 23.6. The first-order valence-corrected chi connectivity index (χ1v) is 19.8. The van der Waals surface area contributed by atoms with Crippen LogP contribution in [0, 0.1) is 11.3 Å². The smallest absolute Gasteiger partial charge is 0.252 e. The summed E-state index contributed by atoms with van der Waals surface area (Å²) in [6, 6.07) is 7.63. The summed E-state index contributed by atoms with van der Waals surface area (Å²) < 4.78 is 5.99. The molecule has 5 aliphatic rings. The van der Waals surface area contributed by atoms with Gasteiger partial charge in [0.2, 0.25) is 11.8 Å². The van der Waals surface area contributed by atoms with Crippen LogP contribution in [-0.2, 0) is 19.1 Å². The van der Waals surface area contributed by atoms with Gasteiger partial charge < -0.3 is 19.4 Å². The van der Waals surface area contributed by atoms with E-state index in [1.54, 1.807) is 0 Å². The van der Waals surface area contributed by atoms with Gasteiger partial charge in [0.25, 0.3) is 5.91 Å². The lowest BCUT2D eigenvalue weighted by Crippen LogP contribution is -2.56. The maximum atomic E-state index is 15.1. The van der Waals surface area contributed by atoms with Crippen LogP contribution in [0.1, 0.15) is 105 Å². The van der Waals surface area contributed by atoms with Crippen molar-refractivity contribution in [2.24, 2.45) is 11.3 Å². The van der Waals surface area contributed by atoms with Crippen LogP contribution in [0.4, 0.5) is 0 Å². The quantitative estimate of drug-likeness (QED) is 0.364. The average Bonchev–Trinajstić information content (AvgIpc) is 3.86. The highest BCUT2D eigenvalue weighted by Gasteiger charge is 2.52. The van der Waals surface area contributed by atoms with Crippen LogP contribution in [0.15, 0.2) is 24.3 Å². The summed E-state index contributed by atoms with van der Waals surface area (Å²) in [6.45, 7) is 21.0. The van der Waals surface area contributed by atoms with Crippen molar-refractivity contribution in [2.45, 2.75) is 135 Å². The van der Waals surface area contributed by atoms with Crippen molar-refractivity contribution in [1.29, 1.82) is 0 Å². The number of carbonyl (C=O) groups excluding carboxylic acids is 3. The van der Waals surface area contributed by atoms with E-state index in [2.05, 4.69) is 75.3 Å². The van der Waals surface area contributed by atoms with E-state index in [1.165, 1.54) is 0 Å². The minimum Gasteiger partial charge on any atom is -0.368 e. The van der Waals surface area contributed by atoms with Crippen LogP contribution in [-0.4, -0.2) is 130 Å². The van der Waals surface area contributed by atoms with Gasteiger partial charge in [-0.1, -0.05) is 37.6 Å². The Hall–Kier alpha value is -2.20. The number of benzene rings is 1. The van der Waals surface area contributed by atoms with Gasteiger partial charge in [0, 0.05) is 81.0 Å². The lowest BCUT2D eigenvalue weighted by atomic mass is 9.75. The second-order valence-electron chi connectivity index (χ2n) is 17.8. The van der Waals surface area contributed by atoms with Crippen molar-refractivity contribution in [3.8, 4) is 0 Å². The van der Waals surface area contributed by atoms with Gasteiger partial charge in [-0.2, -0.15) is 0 Å². The van der Waals surface area contributed by atoms with Gasteiger partial charge in [-0.3, -0.25) is 24.2 Å². The highest BCUT2D eigenvalue weighted by Crippen LogP contribution is 2.42. The molecular weight excluding hydrogens is 650 g/mol. The fourth-order valence-corrected chi connectivity index (χ4v) is 9.41. The number of hydrogen-bond acceptors (Lipinski definition) is 6. The monoisotopic (exact) mass is 711 g/mol. The van der Waals surface area contributed by atoms with Gasteiger partial charge in [-0.25, -0.2) is 0 Å². The zero-order valence-corrected chi connectivity index (χ0v) is 32.5. The van der Waals surface area contributed by atoms with Gasteiger partial charge >= 0.3 is 0 Å². The van der Waals surface area contributed by atoms with E-state index in [9.17, 15) is 9.59 Å². The van der Waals surface area contributed by atoms with Crippen LogP contribution in [0.5, 0.6) is 0 Å². The molecule has 1 aromatic carbocycles. The molecule has 5 fully saturated rings. The molecule has 1 aliphatic carbocycles. The third-order valence-corrected chi connectivity index (χ3v) is 12.9. The molecule has 1 saturated carbocycles. The fraction of sp³-hybridized carbons (Fsp3) is 0.775. The van der Waals surface area contributed by atoms with E-state index < -0.39 is 12.1 Å². The number of ether oxygens (including phenoxy) is 1. The Morgan fingerprint density at radius 1 is 0.900 bits per heavy atom. The van der Waals surface area contributed by atoms with E-state index in [4.69, 9.17) is 16.3 Å². The number of piperazine rings is 1. The zero-order valence-electron chi connectivity index (χ0n) is 31.7. The van der Waals surface area contributed by atoms with E-state index in [0.29, 0.717) is 50.3 Å². The maximum Gasteiger partial charge on any atom is 0.252 e. The fourth-order valence-electron chi connectivity index (χ4n) is 9.28. The van der Waals surface area contributed by atoms with Crippen LogP contribution < -0.4 is 0 Å². The summed E-state index contributed by atoms with van der Waals surface area (Å²) in [5.74, 6) is -0.199. The lowest BCUT2D eigenvalue weighted by Gasteiger charge is -2.43. The van der Waals surface area contributed by atoms with Crippen molar-refractivity contribution in [3.05, 3.63) is 34.9 Å². The normalized spacial score (nSPS) is 30.0. The van der Waals surface area contributed by atoms with Gasteiger partial charge in [-0.15, -0.1) is 0 Å². The largest absolute Gasteiger partial charge is 0.368 e. The minimum atomic E-state index is -0.590. The van der Waals surface area contributed by atoms with Crippen LogP contribution in [0.3, 0.4) is 0 Å². The summed E-state index contributed by atoms with van der Waals surface area (Å²) in [4.78, 5) is 55.0. The van der Waals surface area contributed by atoms with Crippen LogP contribution in [0.2, 0.25) is 5.02 Å². The zero-order chi connectivity index (χ0) is 36.0. The third-order valence-electron chi connectivity index (χ3n) is 12.6. The molecule has 1 aromatic rings. The van der Waals surface area contributed by atoms with Crippen molar-refractivity contribution in [1.82, 2.24) is 24.5 Å². The third kappa shape index (κ3) is 8.06. The van der Waals surface area contributed by atoms with Crippen molar-refractivity contribution in [2.75, 3.05) is 52.4 Å². The van der Waals surface area contributed by atoms with E-state index in [-0.39, 0.29) is 52.6 Å². The molecule has 50 heavy (non-hydrogen) atoms. The van der Waals surface area contributed by atoms with Crippen LogP contribution in [0.25, 0.3) is 0 Å². The molecule has 0 radical (unpaired) electrons. The van der Waals surface area contributed by atoms with E-state index in [1.807, 2.05) is 21.9 Å². The lowest BCUT2D eigenvalue weighted by molar-refractivity contribution is -0.148. The first-order valence-electron chi connectivity index (χ1n) is 19.4. The number of amides is 3. The Balaban J connectivity index is 1.32. The standard InChI is InChI=1S/C40H62ClN5O4/c1-27(2)42-18-20-43(21-19-42)37(48)34-23-31(46(38(49)35-9-8-22-50-35)30-14-16-40(6,7)17-15-30)24-45(34)36(47)33-26-44(39(3,4)5)25-32(33)28-10-12-29(41)13-11-28/h10-13,27,30-35H,8-9,14-26H2,1-7H3/t31?,32-,33+,34-,35-/m0/s1. The topological polar surface area (TPSA) is 76.6 Å². The number of carbonyl (C=O) groups is 3. The summed E-state index contributed by atoms with van der Waals surface area (Å²) in [6.07, 6.45) is 5.65. The molecule has 1 unspecified atom stereocenters. The predicted octanol–water partition coefficient (Wildman–Crippen LogP) is 5.65.